The van der Waals surface area contributed by atoms with Gasteiger partial charge >= 0.3 is 0 Å². The van der Waals surface area contributed by atoms with Crippen LogP contribution in [0.25, 0.3) is 0 Å². The van der Waals surface area contributed by atoms with Crippen molar-refractivity contribution in [1.29, 1.82) is 0 Å². The van der Waals surface area contributed by atoms with Crippen LogP contribution < -0.4 is 4.74 Å². The first-order chi connectivity index (χ1) is 7.43. The third kappa shape index (κ3) is 6.10. The number of rotatable bonds is 8. The minimum absolute atomic E-state index is 0.240. The molecule has 3 heteroatoms. The lowest BCUT2D eigenvalue weighted by molar-refractivity contribution is 0.0944. The zero-order valence-corrected chi connectivity index (χ0v) is 8.89. The van der Waals surface area contributed by atoms with Gasteiger partial charge in [-0.15, -0.1) is 0 Å². The highest BCUT2D eigenvalue weighted by molar-refractivity contribution is 5.20. The van der Waals surface area contributed by atoms with E-state index in [1.165, 1.54) is 0 Å². The monoisotopic (exact) mass is 210 g/mol. The molecule has 0 aliphatic carbocycles. The van der Waals surface area contributed by atoms with Crippen molar-refractivity contribution >= 4 is 0 Å². The number of hydrogen-bond donors (Lipinski definition) is 1. The van der Waals surface area contributed by atoms with E-state index >= 15 is 0 Å². The first kappa shape index (κ1) is 12.0. The van der Waals surface area contributed by atoms with Crippen LogP contribution in [-0.4, -0.2) is 31.5 Å². The Morgan fingerprint density at radius 1 is 0.933 bits per heavy atom. The number of benzene rings is 1. The number of ether oxygens (including phenoxy) is 2. The molecule has 84 valence electrons. The Kier molecular flexibility index (Phi) is 6.62. The van der Waals surface area contributed by atoms with E-state index < -0.39 is 0 Å². The van der Waals surface area contributed by atoms with Gasteiger partial charge in [0.2, 0.25) is 0 Å². The standard InChI is InChI=1S/C12H18O3/c13-8-4-5-9-14-10-11-15-12-6-2-1-3-7-12/h1-3,6-7,13H,4-5,8-11H2. The van der Waals surface area contributed by atoms with Crippen LogP contribution in [0.3, 0.4) is 0 Å². The molecule has 3 nitrogen and oxygen atoms in total. The van der Waals surface area contributed by atoms with Crippen molar-refractivity contribution in [1.82, 2.24) is 0 Å². The van der Waals surface area contributed by atoms with Crippen LogP contribution >= 0.6 is 0 Å². The zero-order valence-electron chi connectivity index (χ0n) is 8.89. The van der Waals surface area contributed by atoms with Gasteiger partial charge in [-0.3, -0.25) is 0 Å². The molecule has 1 aromatic carbocycles. The number of aliphatic hydroxyl groups is 1. The molecule has 0 aliphatic heterocycles. The summed E-state index contributed by atoms with van der Waals surface area (Å²) in [5.74, 6) is 0.872. The Hall–Kier alpha value is -1.06. The minimum Gasteiger partial charge on any atom is -0.491 e. The molecule has 0 heterocycles. The van der Waals surface area contributed by atoms with Crippen molar-refractivity contribution in [2.24, 2.45) is 0 Å². The topological polar surface area (TPSA) is 38.7 Å². The first-order valence-corrected chi connectivity index (χ1v) is 5.30. The second-order valence-electron chi connectivity index (χ2n) is 3.20. The molecule has 0 amide bonds. The molecule has 1 aromatic rings. The largest absolute Gasteiger partial charge is 0.491 e. The summed E-state index contributed by atoms with van der Waals surface area (Å²) in [7, 11) is 0. The number of para-hydroxylation sites is 1. The van der Waals surface area contributed by atoms with E-state index in [9.17, 15) is 0 Å². The molecule has 0 spiro atoms. The third-order valence-electron chi connectivity index (χ3n) is 1.94. The quantitative estimate of drug-likeness (QED) is 0.665. The number of aliphatic hydroxyl groups excluding tert-OH is 1. The van der Waals surface area contributed by atoms with E-state index in [0.717, 1.165) is 18.6 Å². The Labute approximate surface area is 90.6 Å². The molecule has 15 heavy (non-hydrogen) atoms. The van der Waals surface area contributed by atoms with Crippen LogP contribution in [0.5, 0.6) is 5.75 Å². The molecule has 0 saturated heterocycles. The predicted molar refractivity (Wildman–Crippen MR) is 59.1 cm³/mol. The molecular weight excluding hydrogens is 192 g/mol. The van der Waals surface area contributed by atoms with E-state index in [1.807, 2.05) is 30.3 Å². The summed E-state index contributed by atoms with van der Waals surface area (Å²) >= 11 is 0. The molecule has 0 unspecified atom stereocenters. The Balaban J connectivity index is 1.93. The van der Waals surface area contributed by atoms with Gasteiger partial charge in [0, 0.05) is 13.2 Å². The van der Waals surface area contributed by atoms with E-state index in [-0.39, 0.29) is 6.61 Å². The van der Waals surface area contributed by atoms with Gasteiger partial charge in [0.25, 0.3) is 0 Å². The maximum Gasteiger partial charge on any atom is 0.119 e. The van der Waals surface area contributed by atoms with Crippen molar-refractivity contribution in [3.05, 3.63) is 30.3 Å². The van der Waals surface area contributed by atoms with Gasteiger partial charge < -0.3 is 14.6 Å². The molecule has 1 N–H and O–H groups in total. The van der Waals surface area contributed by atoms with Crippen molar-refractivity contribution in [3.63, 3.8) is 0 Å². The molecule has 0 saturated carbocycles. The van der Waals surface area contributed by atoms with Crippen LogP contribution in [0.1, 0.15) is 12.8 Å². The molecule has 0 fully saturated rings. The van der Waals surface area contributed by atoms with Crippen molar-refractivity contribution in [3.8, 4) is 5.75 Å². The smallest absolute Gasteiger partial charge is 0.119 e. The summed E-state index contributed by atoms with van der Waals surface area (Å²) in [6.45, 7) is 2.10. The third-order valence-corrected chi connectivity index (χ3v) is 1.94. The van der Waals surface area contributed by atoms with Gasteiger partial charge in [0.05, 0.1) is 6.61 Å². The van der Waals surface area contributed by atoms with Gasteiger partial charge in [-0.25, -0.2) is 0 Å². The van der Waals surface area contributed by atoms with Gasteiger partial charge in [0.1, 0.15) is 12.4 Å². The highest BCUT2D eigenvalue weighted by Gasteiger charge is 1.92. The zero-order chi connectivity index (χ0) is 10.8. The molecule has 1 rings (SSSR count). The molecular formula is C12H18O3. The van der Waals surface area contributed by atoms with E-state index in [0.29, 0.717) is 19.8 Å². The predicted octanol–water partition coefficient (Wildman–Crippen LogP) is 1.85. The van der Waals surface area contributed by atoms with Gasteiger partial charge in [-0.2, -0.15) is 0 Å². The SMILES string of the molecule is OCCCCOCCOc1ccccc1. The van der Waals surface area contributed by atoms with E-state index in [1.54, 1.807) is 0 Å². The molecule has 0 aromatic heterocycles. The van der Waals surface area contributed by atoms with Crippen LogP contribution in [-0.2, 0) is 4.74 Å². The first-order valence-electron chi connectivity index (χ1n) is 5.30. The van der Waals surface area contributed by atoms with Crippen molar-refractivity contribution in [2.75, 3.05) is 26.4 Å². The Bertz CT molecular complexity index is 236. The fraction of sp³-hybridized carbons (Fsp3) is 0.500. The van der Waals surface area contributed by atoms with E-state index in [2.05, 4.69) is 0 Å². The van der Waals surface area contributed by atoms with Crippen molar-refractivity contribution in [2.45, 2.75) is 12.8 Å². The maximum atomic E-state index is 8.54. The average molecular weight is 210 g/mol. The lowest BCUT2D eigenvalue weighted by Gasteiger charge is -2.06. The minimum atomic E-state index is 0.240. The number of unbranched alkanes of at least 4 members (excludes halogenated alkanes) is 1. The normalized spacial score (nSPS) is 10.2. The second-order valence-corrected chi connectivity index (χ2v) is 3.20. The summed E-state index contributed by atoms with van der Waals surface area (Å²) < 4.78 is 10.8. The second kappa shape index (κ2) is 8.26. The lowest BCUT2D eigenvalue weighted by atomic mass is 10.3. The fourth-order valence-electron chi connectivity index (χ4n) is 1.15. The number of hydrogen-bond acceptors (Lipinski definition) is 3. The summed E-state index contributed by atoms with van der Waals surface area (Å²) in [5, 5.41) is 8.54. The van der Waals surface area contributed by atoms with Crippen LogP contribution in [0, 0.1) is 0 Å². The van der Waals surface area contributed by atoms with Gasteiger partial charge in [0.15, 0.2) is 0 Å². The van der Waals surface area contributed by atoms with Gasteiger partial charge in [-0.05, 0) is 25.0 Å². The highest BCUT2D eigenvalue weighted by atomic mass is 16.5. The fourth-order valence-corrected chi connectivity index (χ4v) is 1.15. The Morgan fingerprint density at radius 3 is 2.47 bits per heavy atom. The van der Waals surface area contributed by atoms with Crippen molar-refractivity contribution < 1.29 is 14.6 Å². The van der Waals surface area contributed by atoms with Gasteiger partial charge in [-0.1, -0.05) is 18.2 Å². The maximum absolute atomic E-state index is 8.54. The molecule has 0 radical (unpaired) electrons. The summed E-state index contributed by atoms with van der Waals surface area (Å²) in [4.78, 5) is 0. The summed E-state index contributed by atoms with van der Waals surface area (Å²) in [6, 6.07) is 9.69. The van der Waals surface area contributed by atoms with Crippen LogP contribution in [0.15, 0.2) is 30.3 Å². The van der Waals surface area contributed by atoms with E-state index in [4.69, 9.17) is 14.6 Å². The lowest BCUT2D eigenvalue weighted by Crippen LogP contribution is -2.07. The molecule has 0 atom stereocenters. The average Bonchev–Trinajstić information content (AvgIpc) is 2.29. The Morgan fingerprint density at radius 2 is 1.73 bits per heavy atom. The van der Waals surface area contributed by atoms with Crippen LogP contribution in [0.4, 0.5) is 0 Å². The summed E-state index contributed by atoms with van der Waals surface area (Å²) in [6.07, 6.45) is 1.71. The summed E-state index contributed by atoms with van der Waals surface area (Å²) in [5.41, 5.74) is 0. The van der Waals surface area contributed by atoms with Crippen LogP contribution in [0.2, 0.25) is 0 Å². The molecule has 0 bridgehead atoms. The highest BCUT2D eigenvalue weighted by Crippen LogP contribution is 2.07. The molecule has 0 aliphatic rings.